The number of para-hydroxylation sites is 1. The SMILES string of the molecule is FC1CCNCC1Nc1ccc2ccccc2n1. The van der Waals surface area contributed by atoms with Crippen molar-refractivity contribution in [1.82, 2.24) is 10.3 Å². The number of hydrogen-bond acceptors (Lipinski definition) is 3. The number of anilines is 1. The largest absolute Gasteiger partial charge is 0.363 e. The molecule has 2 heterocycles. The van der Waals surface area contributed by atoms with E-state index in [1.807, 2.05) is 36.4 Å². The summed E-state index contributed by atoms with van der Waals surface area (Å²) in [6, 6.07) is 11.7. The second-order valence-electron chi connectivity index (χ2n) is 4.65. The molecule has 2 aromatic rings. The van der Waals surface area contributed by atoms with Crippen LogP contribution in [-0.4, -0.2) is 30.3 Å². The van der Waals surface area contributed by atoms with Gasteiger partial charge in [0, 0.05) is 11.9 Å². The molecule has 1 aliphatic rings. The molecule has 0 amide bonds. The molecule has 0 aliphatic carbocycles. The molecular weight excluding hydrogens is 229 g/mol. The van der Waals surface area contributed by atoms with E-state index in [2.05, 4.69) is 15.6 Å². The molecule has 1 aromatic heterocycles. The molecule has 2 N–H and O–H groups in total. The number of hydrogen-bond donors (Lipinski definition) is 2. The summed E-state index contributed by atoms with van der Waals surface area (Å²) in [5, 5.41) is 7.47. The fraction of sp³-hybridized carbons (Fsp3) is 0.357. The third-order valence-corrected chi connectivity index (χ3v) is 3.33. The van der Waals surface area contributed by atoms with Crippen LogP contribution in [0, 0.1) is 0 Å². The summed E-state index contributed by atoms with van der Waals surface area (Å²) in [7, 11) is 0. The first-order valence-corrected chi connectivity index (χ1v) is 6.30. The van der Waals surface area contributed by atoms with Crippen LogP contribution in [0.4, 0.5) is 10.2 Å². The molecule has 1 aromatic carbocycles. The normalized spacial score (nSPS) is 24.1. The summed E-state index contributed by atoms with van der Waals surface area (Å²) in [5.74, 6) is 0.741. The maximum atomic E-state index is 13.7. The van der Waals surface area contributed by atoms with E-state index in [1.165, 1.54) is 0 Å². The smallest absolute Gasteiger partial charge is 0.127 e. The molecule has 1 aliphatic heterocycles. The number of fused-ring (bicyclic) bond motifs is 1. The second kappa shape index (κ2) is 4.90. The number of alkyl halides is 1. The Morgan fingerprint density at radius 3 is 3.00 bits per heavy atom. The third kappa shape index (κ3) is 2.29. The number of pyridine rings is 1. The number of benzene rings is 1. The van der Waals surface area contributed by atoms with Gasteiger partial charge in [0.2, 0.25) is 0 Å². The van der Waals surface area contributed by atoms with Crippen molar-refractivity contribution >= 4 is 16.7 Å². The number of piperidine rings is 1. The van der Waals surface area contributed by atoms with Gasteiger partial charge in [-0.15, -0.1) is 0 Å². The number of aromatic nitrogens is 1. The zero-order chi connectivity index (χ0) is 12.4. The molecule has 0 spiro atoms. The van der Waals surface area contributed by atoms with E-state index >= 15 is 0 Å². The lowest BCUT2D eigenvalue weighted by Gasteiger charge is -2.27. The molecule has 2 atom stereocenters. The van der Waals surface area contributed by atoms with Crippen LogP contribution >= 0.6 is 0 Å². The Morgan fingerprint density at radius 2 is 2.11 bits per heavy atom. The Kier molecular flexibility index (Phi) is 3.11. The first-order valence-electron chi connectivity index (χ1n) is 6.30. The zero-order valence-electron chi connectivity index (χ0n) is 10.1. The second-order valence-corrected chi connectivity index (χ2v) is 4.65. The summed E-state index contributed by atoms with van der Waals surface area (Å²) in [4.78, 5) is 4.50. The van der Waals surface area contributed by atoms with Gasteiger partial charge in [0.1, 0.15) is 12.0 Å². The van der Waals surface area contributed by atoms with Crippen LogP contribution in [0.1, 0.15) is 6.42 Å². The van der Waals surface area contributed by atoms with Crippen molar-refractivity contribution in [2.75, 3.05) is 18.4 Å². The minimum atomic E-state index is -0.806. The Labute approximate surface area is 105 Å². The monoisotopic (exact) mass is 245 g/mol. The van der Waals surface area contributed by atoms with Crippen LogP contribution in [0.25, 0.3) is 10.9 Å². The van der Waals surface area contributed by atoms with Crippen LogP contribution in [0.2, 0.25) is 0 Å². The maximum absolute atomic E-state index is 13.7. The Hall–Kier alpha value is -1.68. The van der Waals surface area contributed by atoms with Gasteiger partial charge >= 0.3 is 0 Å². The predicted octanol–water partition coefficient (Wildman–Crippen LogP) is 2.35. The van der Waals surface area contributed by atoms with Gasteiger partial charge in [-0.1, -0.05) is 18.2 Å². The summed E-state index contributed by atoms with van der Waals surface area (Å²) >= 11 is 0. The van der Waals surface area contributed by atoms with E-state index in [0.29, 0.717) is 13.0 Å². The number of rotatable bonds is 2. The van der Waals surface area contributed by atoms with E-state index in [-0.39, 0.29) is 6.04 Å². The van der Waals surface area contributed by atoms with Crippen molar-refractivity contribution in [2.24, 2.45) is 0 Å². The van der Waals surface area contributed by atoms with Crippen LogP contribution in [-0.2, 0) is 0 Å². The van der Waals surface area contributed by atoms with Crippen molar-refractivity contribution in [1.29, 1.82) is 0 Å². The fourth-order valence-electron chi connectivity index (χ4n) is 2.30. The minimum absolute atomic E-state index is 0.188. The van der Waals surface area contributed by atoms with Gasteiger partial charge in [0.05, 0.1) is 11.6 Å². The molecule has 4 heteroatoms. The molecule has 2 unspecified atom stereocenters. The molecule has 3 rings (SSSR count). The molecule has 1 fully saturated rings. The average Bonchev–Trinajstić information content (AvgIpc) is 2.41. The van der Waals surface area contributed by atoms with Gasteiger partial charge in [0.15, 0.2) is 0 Å². The van der Waals surface area contributed by atoms with Gasteiger partial charge in [-0.2, -0.15) is 0 Å². The van der Waals surface area contributed by atoms with E-state index in [9.17, 15) is 4.39 Å². The lowest BCUT2D eigenvalue weighted by Crippen LogP contribution is -2.46. The summed E-state index contributed by atoms with van der Waals surface area (Å²) in [5.41, 5.74) is 0.932. The number of halogens is 1. The summed E-state index contributed by atoms with van der Waals surface area (Å²) < 4.78 is 13.7. The van der Waals surface area contributed by atoms with Gasteiger partial charge < -0.3 is 10.6 Å². The molecule has 0 saturated carbocycles. The van der Waals surface area contributed by atoms with E-state index < -0.39 is 6.17 Å². The van der Waals surface area contributed by atoms with Crippen molar-refractivity contribution in [3.05, 3.63) is 36.4 Å². The summed E-state index contributed by atoms with van der Waals surface area (Å²) in [6.07, 6.45) is -0.245. The lowest BCUT2D eigenvalue weighted by atomic mass is 10.1. The standard InChI is InChI=1S/C14H16FN3/c15-11-7-8-16-9-13(11)18-14-6-5-10-3-1-2-4-12(10)17-14/h1-6,11,13,16H,7-9H2,(H,17,18). The molecule has 3 nitrogen and oxygen atoms in total. The highest BCUT2D eigenvalue weighted by Crippen LogP contribution is 2.17. The van der Waals surface area contributed by atoms with Gasteiger partial charge in [-0.05, 0) is 31.2 Å². The molecule has 1 saturated heterocycles. The van der Waals surface area contributed by atoms with Crippen LogP contribution in [0.3, 0.4) is 0 Å². The average molecular weight is 245 g/mol. The number of nitrogens with one attached hydrogen (secondary N) is 2. The molecule has 0 bridgehead atoms. The molecular formula is C14H16FN3. The van der Waals surface area contributed by atoms with Crippen LogP contribution in [0.5, 0.6) is 0 Å². The van der Waals surface area contributed by atoms with Crippen molar-refractivity contribution in [3.8, 4) is 0 Å². The van der Waals surface area contributed by atoms with Crippen LogP contribution in [0.15, 0.2) is 36.4 Å². The Morgan fingerprint density at radius 1 is 1.22 bits per heavy atom. The zero-order valence-corrected chi connectivity index (χ0v) is 10.1. The molecule has 0 radical (unpaired) electrons. The first kappa shape index (κ1) is 11.4. The lowest BCUT2D eigenvalue weighted by molar-refractivity contribution is 0.241. The van der Waals surface area contributed by atoms with Crippen molar-refractivity contribution in [3.63, 3.8) is 0 Å². The molecule has 18 heavy (non-hydrogen) atoms. The van der Waals surface area contributed by atoms with Gasteiger partial charge in [-0.25, -0.2) is 9.37 Å². The van der Waals surface area contributed by atoms with E-state index in [1.54, 1.807) is 0 Å². The summed E-state index contributed by atoms with van der Waals surface area (Å²) in [6.45, 7) is 1.40. The number of nitrogens with zero attached hydrogens (tertiary/aromatic N) is 1. The Balaban J connectivity index is 1.81. The highest BCUT2D eigenvalue weighted by Gasteiger charge is 2.24. The predicted molar refractivity (Wildman–Crippen MR) is 71.5 cm³/mol. The topological polar surface area (TPSA) is 37.0 Å². The fourth-order valence-corrected chi connectivity index (χ4v) is 2.30. The maximum Gasteiger partial charge on any atom is 0.127 e. The van der Waals surface area contributed by atoms with E-state index in [4.69, 9.17) is 0 Å². The minimum Gasteiger partial charge on any atom is -0.363 e. The van der Waals surface area contributed by atoms with Crippen molar-refractivity contribution < 1.29 is 4.39 Å². The molecule has 94 valence electrons. The van der Waals surface area contributed by atoms with Crippen molar-refractivity contribution in [2.45, 2.75) is 18.6 Å². The third-order valence-electron chi connectivity index (χ3n) is 3.33. The van der Waals surface area contributed by atoms with Gasteiger partial charge in [-0.3, -0.25) is 0 Å². The highest BCUT2D eigenvalue weighted by atomic mass is 19.1. The van der Waals surface area contributed by atoms with Gasteiger partial charge in [0.25, 0.3) is 0 Å². The highest BCUT2D eigenvalue weighted by molar-refractivity contribution is 5.80. The first-order chi connectivity index (χ1) is 8.83. The van der Waals surface area contributed by atoms with E-state index in [0.717, 1.165) is 23.3 Å². The van der Waals surface area contributed by atoms with Crippen LogP contribution < -0.4 is 10.6 Å². The quantitative estimate of drug-likeness (QED) is 0.852. The Bertz CT molecular complexity index is 543.